The molecule has 0 aromatic heterocycles. The van der Waals surface area contributed by atoms with Crippen LogP contribution in [-0.2, 0) is 0 Å². The molecule has 2 heteroatoms. The molecule has 2 aromatic rings. The van der Waals surface area contributed by atoms with E-state index in [1.165, 1.54) is 11.1 Å². The predicted octanol–water partition coefficient (Wildman–Crippen LogP) is 5.88. The molecule has 0 amide bonds. The number of nitrogens with zero attached hydrogens (tertiary/aromatic N) is 1. The summed E-state index contributed by atoms with van der Waals surface area (Å²) in [5.41, 5.74) is 3.43. The van der Waals surface area contributed by atoms with Gasteiger partial charge in [0.15, 0.2) is 0 Å². The zero-order valence-corrected chi connectivity index (χ0v) is 12.5. The smallest absolute Gasteiger partial charge is 0.0630 e. The molecule has 0 aliphatic rings. The summed E-state index contributed by atoms with van der Waals surface area (Å²) in [6, 6.07) is 16.0. The fourth-order valence-electron chi connectivity index (χ4n) is 1.80. The van der Waals surface area contributed by atoms with Gasteiger partial charge < -0.3 is 0 Å². The summed E-state index contributed by atoms with van der Waals surface area (Å²) in [4.78, 5) is 4.34. The number of allylic oxidation sites excluding steroid dienone is 1. The van der Waals surface area contributed by atoms with Crippen molar-refractivity contribution >= 4 is 29.6 Å². The van der Waals surface area contributed by atoms with Crippen molar-refractivity contribution in [2.75, 3.05) is 0 Å². The van der Waals surface area contributed by atoms with Gasteiger partial charge >= 0.3 is 0 Å². The number of hydrogen-bond donors (Lipinski definition) is 0. The first kappa shape index (κ1) is 14.5. The molecule has 102 valence electrons. The van der Waals surface area contributed by atoms with E-state index in [4.69, 9.17) is 11.6 Å². The Morgan fingerprint density at radius 3 is 2.20 bits per heavy atom. The Morgan fingerprint density at radius 1 is 0.950 bits per heavy atom. The van der Waals surface area contributed by atoms with Crippen LogP contribution in [0.4, 0.5) is 5.69 Å². The summed E-state index contributed by atoms with van der Waals surface area (Å²) in [6.45, 7) is 4.40. The average molecular weight is 284 g/mol. The topological polar surface area (TPSA) is 12.4 Å². The second-order valence-corrected chi connectivity index (χ2v) is 5.37. The van der Waals surface area contributed by atoms with Gasteiger partial charge in [0.05, 0.1) is 5.69 Å². The van der Waals surface area contributed by atoms with Crippen LogP contribution in [0.15, 0.2) is 59.6 Å². The Bertz CT molecular complexity index is 592. The van der Waals surface area contributed by atoms with Crippen LogP contribution in [0.1, 0.15) is 30.9 Å². The third-order valence-corrected chi connectivity index (χ3v) is 3.28. The zero-order chi connectivity index (χ0) is 14.4. The van der Waals surface area contributed by atoms with Crippen molar-refractivity contribution in [3.8, 4) is 0 Å². The number of benzene rings is 2. The molecule has 0 N–H and O–H groups in total. The van der Waals surface area contributed by atoms with Gasteiger partial charge in [-0.15, -0.1) is 0 Å². The molecule has 0 fully saturated rings. The number of hydrogen-bond acceptors (Lipinski definition) is 1. The van der Waals surface area contributed by atoms with E-state index in [1.807, 2.05) is 36.4 Å². The van der Waals surface area contributed by atoms with Crippen molar-refractivity contribution in [3.05, 3.63) is 70.8 Å². The molecular weight excluding hydrogens is 266 g/mol. The quantitative estimate of drug-likeness (QED) is 0.621. The molecule has 0 spiro atoms. The molecule has 0 aliphatic heterocycles. The largest absolute Gasteiger partial charge is 0.257 e. The first-order chi connectivity index (χ1) is 9.65. The van der Waals surface area contributed by atoms with Crippen LogP contribution in [0.5, 0.6) is 0 Å². The fraction of sp³-hybridized carbons (Fsp3) is 0.167. The normalized spacial score (nSPS) is 11.8. The highest BCUT2D eigenvalue weighted by Gasteiger charge is 1.96. The SMILES string of the molecule is CC(C)c1ccc(C=CC=Nc2ccc(Cl)cc2)cc1. The molecule has 0 saturated heterocycles. The van der Waals surface area contributed by atoms with Crippen LogP contribution in [0.3, 0.4) is 0 Å². The Balaban J connectivity index is 1.97. The van der Waals surface area contributed by atoms with Gasteiger partial charge in [-0.1, -0.05) is 55.8 Å². The standard InChI is InChI=1S/C18H18ClN/c1-14(2)16-7-5-15(6-8-16)4-3-13-20-18-11-9-17(19)10-12-18/h3-14H,1-2H3. The first-order valence-corrected chi connectivity index (χ1v) is 7.09. The van der Waals surface area contributed by atoms with E-state index >= 15 is 0 Å². The first-order valence-electron chi connectivity index (χ1n) is 6.71. The summed E-state index contributed by atoms with van der Waals surface area (Å²) in [5, 5.41) is 0.727. The molecule has 0 atom stereocenters. The summed E-state index contributed by atoms with van der Waals surface area (Å²) in [7, 11) is 0. The summed E-state index contributed by atoms with van der Waals surface area (Å²) >= 11 is 5.82. The minimum absolute atomic E-state index is 0.569. The number of aliphatic imine (C=N–C) groups is 1. The van der Waals surface area contributed by atoms with Crippen LogP contribution in [0.25, 0.3) is 6.08 Å². The summed E-state index contributed by atoms with van der Waals surface area (Å²) in [6.07, 6.45) is 5.78. The van der Waals surface area contributed by atoms with Gasteiger partial charge in [0, 0.05) is 11.2 Å². The average Bonchev–Trinajstić information content (AvgIpc) is 2.46. The monoisotopic (exact) mass is 283 g/mol. The van der Waals surface area contributed by atoms with Crippen LogP contribution in [0.2, 0.25) is 5.02 Å². The molecule has 0 aliphatic carbocycles. The maximum absolute atomic E-state index is 5.82. The van der Waals surface area contributed by atoms with Gasteiger partial charge in [-0.05, 0) is 47.4 Å². The highest BCUT2D eigenvalue weighted by atomic mass is 35.5. The maximum atomic E-state index is 5.82. The van der Waals surface area contributed by atoms with Crippen LogP contribution < -0.4 is 0 Å². The second-order valence-electron chi connectivity index (χ2n) is 4.94. The highest BCUT2D eigenvalue weighted by molar-refractivity contribution is 6.30. The molecule has 2 rings (SSSR count). The van der Waals surface area contributed by atoms with Gasteiger partial charge in [0.25, 0.3) is 0 Å². The number of halogens is 1. The Hall–Kier alpha value is -1.86. The van der Waals surface area contributed by atoms with Crippen molar-refractivity contribution in [3.63, 3.8) is 0 Å². The molecule has 0 saturated carbocycles. The van der Waals surface area contributed by atoms with Crippen LogP contribution in [0, 0.1) is 0 Å². The summed E-state index contributed by atoms with van der Waals surface area (Å²) in [5.74, 6) is 0.569. The van der Waals surface area contributed by atoms with Crippen LogP contribution >= 0.6 is 11.6 Å². The molecule has 1 nitrogen and oxygen atoms in total. The molecule has 0 heterocycles. The van der Waals surface area contributed by atoms with E-state index in [1.54, 1.807) is 6.21 Å². The second kappa shape index (κ2) is 7.06. The van der Waals surface area contributed by atoms with Crippen molar-refractivity contribution in [1.82, 2.24) is 0 Å². The molecule has 0 radical (unpaired) electrons. The lowest BCUT2D eigenvalue weighted by molar-refractivity contribution is 0.866. The Labute approximate surface area is 125 Å². The Kier molecular flexibility index (Phi) is 5.14. The highest BCUT2D eigenvalue weighted by Crippen LogP contribution is 2.16. The van der Waals surface area contributed by atoms with Crippen molar-refractivity contribution in [2.45, 2.75) is 19.8 Å². The van der Waals surface area contributed by atoms with E-state index in [0.29, 0.717) is 5.92 Å². The van der Waals surface area contributed by atoms with Gasteiger partial charge in [-0.25, -0.2) is 0 Å². The third kappa shape index (κ3) is 4.36. The van der Waals surface area contributed by atoms with Gasteiger partial charge in [0.2, 0.25) is 0 Å². The van der Waals surface area contributed by atoms with Crippen molar-refractivity contribution in [1.29, 1.82) is 0 Å². The lowest BCUT2D eigenvalue weighted by Crippen LogP contribution is -1.85. The van der Waals surface area contributed by atoms with Gasteiger partial charge in [-0.2, -0.15) is 0 Å². The number of rotatable bonds is 4. The van der Waals surface area contributed by atoms with Crippen LogP contribution in [-0.4, -0.2) is 6.21 Å². The lowest BCUT2D eigenvalue weighted by atomic mass is 10.0. The molecular formula is C18H18ClN. The third-order valence-electron chi connectivity index (χ3n) is 3.03. The van der Waals surface area contributed by atoms with E-state index in [0.717, 1.165) is 10.7 Å². The van der Waals surface area contributed by atoms with Gasteiger partial charge in [0.1, 0.15) is 0 Å². The Morgan fingerprint density at radius 2 is 1.60 bits per heavy atom. The van der Waals surface area contributed by atoms with Crippen molar-refractivity contribution < 1.29 is 0 Å². The lowest BCUT2D eigenvalue weighted by Gasteiger charge is -2.04. The van der Waals surface area contributed by atoms with Gasteiger partial charge in [-0.3, -0.25) is 4.99 Å². The maximum Gasteiger partial charge on any atom is 0.0630 e. The van der Waals surface area contributed by atoms with Crippen molar-refractivity contribution in [2.24, 2.45) is 4.99 Å². The van der Waals surface area contributed by atoms with E-state index in [9.17, 15) is 0 Å². The van der Waals surface area contributed by atoms with E-state index < -0.39 is 0 Å². The molecule has 2 aromatic carbocycles. The molecule has 0 bridgehead atoms. The molecule has 20 heavy (non-hydrogen) atoms. The minimum atomic E-state index is 0.569. The van der Waals surface area contributed by atoms with E-state index in [-0.39, 0.29) is 0 Å². The minimum Gasteiger partial charge on any atom is -0.257 e. The summed E-state index contributed by atoms with van der Waals surface area (Å²) < 4.78 is 0. The molecule has 0 unspecified atom stereocenters. The fourth-order valence-corrected chi connectivity index (χ4v) is 1.93. The predicted molar refractivity (Wildman–Crippen MR) is 89.2 cm³/mol. The zero-order valence-electron chi connectivity index (χ0n) is 11.8. The van der Waals surface area contributed by atoms with E-state index in [2.05, 4.69) is 43.1 Å².